The average Bonchev–Trinajstić information content (AvgIpc) is 2.70. The highest BCUT2D eigenvalue weighted by molar-refractivity contribution is 7.17. The Morgan fingerprint density at radius 1 is 1.57 bits per heavy atom. The lowest BCUT2D eigenvalue weighted by Gasteiger charge is -1.85. The monoisotopic (exact) mass is 209 g/mol. The van der Waals surface area contributed by atoms with Crippen molar-refractivity contribution in [1.29, 1.82) is 0 Å². The lowest BCUT2D eigenvalue weighted by molar-refractivity contribution is 0.0702. The lowest BCUT2D eigenvalue weighted by atomic mass is 10.3. The predicted octanol–water partition coefficient (Wildman–Crippen LogP) is 2.41. The Balaban J connectivity index is 2.38. The summed E-state index contributed by atoms with van der Waals surface area (Å²) in [5, 5.41) is 8.72. The topological polar surface area (TPSA) is 63.3 Å². The Labute approximate surface area is 83.8 Å². The summed E-state index contributed by atoms with van der Waals surface area (Å²) >= 11 is 1.19. The van der Waals surface area contributed by atoms with Crippen molar-refractivity contribution in [3.05, 3.63) is 29.2 Å². The van der Waals surface area contributed by atoms with E-state index in [-0.39, 0.29) is 0 Å². The highest BCUT2D eigenvalue weighted by Crippen LogP contribution is 2.27. The minimum atomic E-state index is -0.915. The molecule has 0 saturated heterocycles. The van der Waals surface area contributed by atoms with E-state index in [9.17, 15) is 4.79 Å². The highest BCUT2D eigenvalue weighted by Gasteiger charge is 2.10. The van der Waals surface area contributed by atoms with Crippen LogP contribution in [0.15, 0.2) is 22.8 Å². The number of hydrogen-bond donors (Lipinski definition) is 1. The molecule has 0 bridgehead atoms. The van der Waals surface area contributed by atoms with Crippen molar-refractivity contribution in [3.63, 3.8) is 0 Å². The fourth-order valence-corrected chi connectivity index (χ4v) is 1.86. The number of aryl methyl sites for hydroxylation is 1. The summed E-state index contributed by atoms with van der Waals surface area (Å²) in [5.41, 5.74) is 0.681. The second-order valence-corrected chi connectivity index (χ2v) is 3.80. The molecule has 2 rings (SSSR count). The summed E-state index contributed by atoms with van der Waals surface area (Å²) in [7, 11) is 0. The normalized spacial score (nSPS) is 10.4. The SMILES string of the molecule is Cc1nc(-c2ccc(C(=O)O)s2)co1. The number of carboxylic acids is 1. The maximum absolute atomic E-state index is 10.6. The molecule has 72 valence electrons. The van der Waals surface area contributed by atoms with Gasteiger partial charge in [0, 0.05) is 6.92 Å². The number of rotatable bonds is 2. The number of aromatic carboxylic acids is 1. The second kappa shape index (κ2) is 3.26. The molecule has 4 nitrogen and oxygen atoms in total. The van der Waals surface area contributed by atoms with Crippen molar-refractivity contribution in [2.45, 2.75) is 6.92 Å². The number of carboxylic acid groups (broad SMARTS) is 1. The van der Waals surface area contributed by atoms with E-state index in [4.69, 9.17) is 9.52 Å². The first kappa shape index (κ1) is 8.96. The van der Waals surface area contributed by atoms with E-state index >= 15 is 0 Å². The van der Waals surface area contributed by atoms with Gasteiger partial charge in [0.1, 0.15) is 16.8 Å². The largest absolute Gasteiger partial charge is 0.477 e. The first-order valence-corrected chi connectivity index (χ1v) is 4.74. The molecule has 0 saturated carbocycles. The molecule has 2 aromatic rings. The zero-order valence-corrected chi connectivity index (χ0v) is 8.17. The van der Waals surface area contributed by atoms with E-state index in [0.29, 0.717) is 16.5 Å². The van der Waals surface area contributed by atoms with Crippen molar-refractivity contribution in [3.8, 4) is 10.6 Å². The van der Waals surface area contributed by atoms with Gasteiger partial charge in [-0.2, -0.15) is 0 Å². The van der Waals surface area contributed by atoms with E-state index in [1.165, 1.54) is 17.6 Å². The summed E-state index contributed by atoms with van der Waals surface area (Å²) in [6, 6.07) is 3.29. The van der Waals surface area contributed by atoms with Crippen LogP contribution in [0.25, 0.3) is 10.6 Å². The number of nitrogens with zero attached hydrogens (tertiary/aromatic N) is 1. The van der Waals surface area contributed by atoms with Crippen LogP contribution < -0.4 is 0 Å². The molecule has 1 N–H and O–H groups in total. The quantitative estimate of drug-likeness (QED) is 0.824. The van der Waals surface area contributed by atoms with Gasteiger partial charge in [-0.05, 0) is 12.1 Å². The number of hydrogen-bond acceptors (Lipinski definition) is 4. The molecule has 0 spiro atoms. The summed E-state index contributed by atoms with van der Waals surface area (Å²) < 4.78 is 5.04. The molecule has 0 amide bonds. The van der Waals surface area contributed by atoms with Gasteiger partial charge in [-0.25, -0.2) is 9.78 Å². The summed E-state index contributed by atoms with van der Waals surface area (Å²) in [5.74, 6) is -0.341. The molecule has 0 aliphatic heterocycles. The molecule has 0 aliphatic carbocycles. The van der Waals surface area contributed by atoms with Crippen molar-refractivity contribution < 1.29 is 14.3 Å². The van der Waals surface area contributed by atoms with E-state index < -0.39 is 5.97 Å². The van der Waals surface area contributed by atoms with Crippen molar-refractivity contribution in [2.75, 3.05) is 0 Å². The third-order valence-corrected chi connectivity index (χ3v) is 2.78. The van der Waals surface area contributed by atoms with Crippen LogP contribution in [0.2, 0.25) is 0 Å². The summed E-state index contributed by atoms with van der Waals surface area (Å²) in [6.07, 6.45) is 1.52. The summed E-state index contributed by atoms with van der Waals surface area (Å²) in [6.45, 7) is 1.75. The fourth-order valence-electron chi connectivity index (χ4n) is 1.07. The molecule has 0 fully saturated rings. The number of thiophene rings is 1. The molecule has 0 radical (unpaired) electrons. The van der Waals surface area contributed by atoms with Crippen LogP contribution in [0.5, 0.6) is 0 Å². The van der Waals surface area contributed by atoms with Crippen molar-refractivity contribution in [1.82, 2.24) is 4.98 Å². The Morgan fingerprint density at radius 2 is 2.36 bits per heavy atom. The Hall–Kier alpha value is -1.62. The van der Waals surface area contributed by atoms with Gasteiger partial charge in [-0.15, -0.1) is 11.3 Å². The van der Waals surface area contributed by atoms with E-state index in [2.05, 4.69) is 4.98 Å². The number of carbonyl (C=O) groups is 1. The van der Waals surface area contributed by atoms with Crippen LogP contribution in [0.3, 0.4) is 0 Å². The zero-order chi connectivity index (χ0) is 10.1. The van der Waals surface area contributed by atoms with Crippen LogP contribution in [0, 0.1) is 6.92 Å². The van der Waals surface area contributed by atoms with Gasteiger partial charge in [0.05, 0.1) is 4.88 Å². The molecule has 0 unspecified atom stereocenters. The third kappa shape index (κ3) is 1.54. The third-order valence-electron chi connectivity index (χ3n) is 1.69. The standard InChI is InChI=1S/C9H7NO3S/c1-5-10-6(4-13-5)7-2-3-8(14-7)9(11)12/h2-4H,1H3,(H,11,12). The van der Waals surface area contributed by atoms with Crippen molar-refractivity contribution >= 4 is 17.3 Å². The highest BCUT2D eigenvalue weighted by atomic mass is 32.1. The molecule has 0 atom stereocenters. The first-order chi connectivity index (χ1) is 6.66. The molecule has 0 aliphatic rings. The van der Waals surface area contributed by atoms with Gasteiger partial charge < -0.3 is 9.52 Å². The molecule has 0 aromatic carbocycles. The van der Waals surface area contributed by atoms with Gasteiger partial charge in [-0.1, -0.05) is 0 Å². The second-order valence-electron chi connectivity index (χ2n) is 2.72. The van der Waals surface area contributed by atoms with E-state index in [1.807, 2.05) is 0 Å². The molecule has 14 heavy (non-hydrogen) atoms. The Kier molecular flexibility index (Phi) is 2.09. The Morgan fingerprint density at radius 3 is 2.86 bits per heavy atom. The van der Waals surface area contributed by atoms with E-state index in [1.54, 1.807) is 19.1 Å². The average molecular weight is 209 g/mol. The summed E-state index contributed by atoms with van der Waals surface area (Å²) in [4.78, 5) is 15.8. The van der Waals surface area contributed by atoms with Crippen molar-refractivity contribution in [2.24, 2.45) is 0 Å². The minimum absolute atomic E-state index is 0.306. The van der Waals surface area contributed by atoms with Gasteiger partial charge >= 0.3 is 5.97 Å². The minimum Gasteiger partial charge on any atom is -0.477 e. The predicted molar refractivity (Wildman–Crippen MR) is 51.5 cm³/mol. The Bertz CT molecular complexity index is 472. The number of aromatic nitrogens is 1. The maximum Gasteiger partial charge on any atom is 0.345 e. The van der Waals surface area contributed by atoms with Gasteiger partial charge in [-0.3, -0.25) is 0 Å². The van der Waals surface area contributed by atoms with Gasteiger partial charge in [0.25, 0.3) is 0 Å². The van der Waals surface area contributed by atoms with Gasteiger partial charge in [0.15, 0.2) is 5.89 Å². The first-order valence-electron chi connectivity index (χ1n) is 3.92. The van der Waals surface area contributed by atoms with E-state index in [0.717, 1.165) is 4.88 Å². The fraction of sp³-hybridized carbons (Fsp3) is 0.111. The van der Waals surface area contributed by atoms with Crippen LogP contribution in [-0.2, 0) is 0 Å². The van der Waals surface area contributed by atoms with Crippen LogP contribution in [-0.4, -0.2) is 16.1 Å². The lowest BCUT2D eigenvalue weighted by Crippen LogP contribution is -1.89. The smallest absolute Gasteiger partial charge is 0.345 e. The molecule has 2 aromatic heterocycles. The van der Waals surface area contributed by atoms with Gasteiger partial charge in [0.2, 0.25) is 0 Å². The molecule has 2 heterocycles. The molecule has 5 heteroatoms. The molecular formula is C9H7NO3S. The number of oxazole rings is 1. The maximum atomic E-state index is 10.6. The van der Waals surface area contributed by atoms with Crippen LogP contribution in [0.1, 0.15) is 15.6 Å². The van der Waals surface area contributed by atoms with Crippen LogP contribution in [0.4, 0.5) is 0 Å². The van der Waals surface area contributed by atoms with Crippen LogP contribution >= 0.6 is 11.3 Å². The zero-order valence-electron chi connectivity index (χ0n) is 7.35. The molecular weight excluding hydrogens is 202 g/mol.